The molecule has 1 saturated heterocycles. The Hall–Kier alpha value is -1.84. The summed E-state index contributed by atoms with van der Waals surface area (Å²) >= 11 is 0. The predicted molar refractivity (Wildman–Crippen MR) is 76.6 cm³/mol. The number of piperidine rings is 1. The second-order valence-corrected chi connectivity index (χ2v) is 5.61. The number of likely N-dealkylation sites (tertiary alicyclic amines) is 1. The Morgan fingerprint density at radius 1 is 1.30 bits per heavy atom. The number of carbonyl (C=O) groups excluding carboxylic acids is 1. The van der Waals surface area contributed by atoms with Gasteiger partial charge in [0.15, 0.2) is 0 Å². The van der Waals surface area contributed by atoms with Gasteiger partial charge in [-0.2, -0.15) is 0 Å². The van der Waals surface area contributed by atoms with Crippen LogP contribution in [0.2, 0.25) is 0 Å². The number of hydrogen-bond donors (Lipinski definition) is 1. The molecule has 0 radical (unpaired) electrons. The maximum absolute atomic E-state index is 12.3. The van der Waals surface area contributed by atoms with Crippen molar-refractivity contribution in [2.75, 3.05) is 13.1 Å². The molecule has 4 heteroatoms. The summed E-state index contributed by atoms with van der Waals surface area (Å²) < 4.78 is 0. The lowest BCUT2D eigenvalue weighted by Crippen LogP contribution is -2.43. The van der Waals surface area contributed by atoms with Crippen LogP contribution in [0.25, 0.3) is 0 Å². The summed E-state index contributed by atoms with van der Waals surface area (Å²) in [5.74, 6) is -1.18. The van der Waals surface area contributed by atoms with E-state index in [4.69, 9.17) is 5.11 Å². The molecular weight excluding hydrogens is 254 g/mol. The summed E-state index contributed by atoms with van der Waals surface area (Å²) in [7, 11) is 0. The Kier molecular flexibility index (Phi) is 4.42. The fourth-order valence-corrected chi connectivity index (χ4v) is 2.61. The van der Waals surface area contributed by atoms with Crippen molar-refractivity contribution in [2.45, 2.75) is 33.1 Å². The Labute approximate surface area is 119 Å². The molecule has 20 heavy (non-hydrogen) atoms. The van der Waals surface area contributed by atoms with E-state index in [1.807, 2.05) is 32.0 Å². The van der Waals surface area contributed by atoms with Crippen molar-refractivity contribution in [2.24, 2.45) is 5.92 Å². The van der Waals surface area contributed by atoms with Crippen LogP contribution in [0.15, 0.2) is 18.2 Å². The molecule has 0 bridgehead atoms. The van der Waals surface area contributed by atoms with Gasteiger partial charge >= 0.3 is 5.97 Å². The molecule has 1 heterocycles. The van der Waals surface area contributed by atoms with Gasteiger partial charge in [-0.25, -0.2) is 0 Å². The number of carbonyl (C=O) groups is 2. The number of carboxylic acid groups (broad SMARTS) is 1. The zero-order chi connectivity index (χ0) is 14.7. The molecule has 1 unspecified atom stereocenters. The van der Waals surface area contributed by atoms with Crippen molar-refractivity contribution >= 4 is 11.9 Å². The molecule has 0 spiro atoms. The third-order valence-electron chi connectivity index (χ3n) is 4.05. The van der Waals surface area contributed by atoms with Gasteiger partial charge in [-0.3, -0.25) is 9.59 Å². The Morgan fingerprint density at radius 2 is 2.05 bits per heavy atom. The third kappa shape index (κ3) is 3.38. The van der Waals surface area contributed by atoms with Gasteiger partial charge < -0.3 is 10.0 Å². The standard InChI is InChI=1S/C16H21NO3/c1-11-5-6-13(8-12(11)2)9-15(18)17-7-3-4-14(10-17)16(19)20/h5-6,8,14H,3-4,7,9-10H2,1-2H3,(H,19,20). The first-order valence-corrected chi connectivity index (χ1v) is 7.04. The highest BCUT2D eigenvalue weighted by Gasteiger charge is 2.27. The van der Waals surface area contributed by atoms with E-state index in [0.29, 0.717) is 25.9 Å². The first kappa shape index (κ1) is 14.6. The van der Waals surface area contributed by atoms with E-state index in [1.165, 1.54) is 11.1 Å². The Bertz CT molecular complexity index is 524. The van der Waals surface area contributed by atoms with Crippen molar-refractivity contribution in [3.05, 3.63) is 34.9 Å². The molecule has 0 aromatic heterocycles. The smallest absolute Gasteiger partial charge is 0.308 e. The first-order chi connectivity index (χ1) is 9.47. The maximum Gasteiger partial charge on any atom is 0.308 e. The van der Waals surface area contributed by atoms with Crippen LogP contribution in [0.4, 0.5) is 0 Å². The molecular formula is C16H21NO3. The number of hydrogen-bond acceptors (Lipinski definition) is 2. The van der Waals surface area contributed by atoms with E-state index >= 15 is 0 Å². The highest BCUT2D eigenvalue weighted by Crippen LogP contribution is 2.18. The van der Waals surface area contributed by atoms with Crippen LogP contribution in [0.5, 0.6) is 0 Å². The molecule has 1 fully saturated rings. The van der Waals surface area contributed by atoms with E-state index in [9.17, 15) is 9.59 Å². The molecule has 1 aliphatic heterocycles. The van der Waals surface area contributed by atoms with Gasteiger partial charge in [-0.15, -0.1) is 0 Å². The number of aryl methyl sites for hydroxylation is 2. The van der Waals surface area contributed by atoms with Crippen LogP contribution in [0.1, 0.15) is 29.5 Å². The van der Waals surface area contributed by atoms with Crippen LogP contribution in [-0.2, 0) is 16.0 Å². The van der Waals surface area contributed by atoms with E-state index < -0.39 is 11.9 Å². The SMILES string of the molecule is Cc1ccc(CC(=O)N2CCCC(C(=O)O)C2)cc1C. The quantitative estimate of drug-likeness (QED) is 0.919. The maximum atomic E-state index is 12.3. The van der Waals surface area contributed by atoms with E-state index in [0.717, 1.165) is 12.0 Å². The zero-order valence-corrected chi connectivity index (χ0v) is 12.1. The largest absolute Gasteiger partial charge is 0.481 e. The van der Waals surface area contributed by atoms with E-state index in [2.05, 4.69) is 0 Å². The van der Waals surface area contributed by atoms with Gasteiger partial charge in [0, 0.05) is 13.1 Å². The van der Waals surface area contributed by atoms with Crippen LogP contribution in [0, 0.1) is 19.8 Å². The monoisotopic (exact) mass is 275 g/mol. The van der Waals surface area contributed by atoms with Crippen molar-refractivity contribution in [1.82, 2.24) is 4.90 Å². The third-order valence-corrected chi connectivity index (χ3v) is 4.05. The molecule has 108 valence electrons. The number of carboxylic acids is 1. The number of benzene rings is 1. The zero-order valence-electron chi connectivity index (χ0n) is 12.1. The normalized spacial score (nSPS) is 18.9. The van der Waals surface area contributed by atoms with E-state index in [1.54, 1.807) is 4.90 Å². The highest BCUT2D eigenvalue weighted by atomic mass is 16.4. The summed E-state index contributed by atoms with van der Waals surface area (Å²) in [6.45, 7) is 5.10. The molecule has 1 atom stereocenters. The molecule has 1 aliphatic rings. The number of amides is 1. The van der Waals surface area contributed by atoms with Gasteiger partial charge in [-0.1, -0.05) is 18.2 Å². The average molecular weight is 275 g/mol. The minimum atomic E-state index is -0.798. The predicted octanol–water partition coefficient (Wildman–Crippen LogP) is 2.17. The first-order valence-electron chi connectivity index (χ1n) is 7.04. The lowest BCUT2D eigenvalue weighted by atomic mass is 9.97. The number of rotatable bonds is 3. The molecule has 1 amide bonds. The van der Waals surface area contributed by atoms with Gasteiger partial charge in [0.2, 0.25) is 5.91 Å². The molecule has 2 rings (SSSR count). The van der Waals surface area contributed by atoms with Crippen molar-refractivity contribution < 1.29 is 14.7 Å². The molecule has 1 aromatic rings. The van der Waals surface area contributed by atoms with Crippen molar-refractivity contribution in [1.29, 1.82) is 0 Å². The summed E-state index contributed by atoms with van der Waals surface area (Å²) in [4.78, 5) is 25.0. The molecule has 0 saturated carbocycles. The topological polar surface area (TPSA) is 57.6 Å². The van der Waals surface area contributed by atoms with Crippen molar-refractivity contribution in [3.8, 4) is 0 Å². The fraction of sp³-hybridized carbons (Fsp3) is 0.500. The Balaban J connectivity index is 2.00. The van der Waals surface area contributed by atoms with Gasteiger partial charge in [-0.05, 0) is 43.4 Å². The molecule has 1 aromatic carbocycles. The van der Waals surface area contributed by atoms with Crippen LogP contribution in [0.3, 0.4) is 0 Å². The highest BCUT2D eigenvalue weighted by molar-refractivity contribution is 5.80. The minimum absolute atomic E-state index is 0.0270. The lowest BCUT2D eigenvalue weighted by molar-refractivity contribution is -0.145. The minimum Gasteiger partial charge on any atom is -0.481 e. The van der Waals surface area contributed by atoms with E-state index in [-0.39, 0.29) is 5.91 Å². The van der Waals surface area contributed by atoms with Crippen molar-refractivity contribution in [3.63, 3.8) is 0 Å². The van der Waals surface area contributed by atoms with Gasteiger partial charge in [0.25, 0.3) is 0 Å². The van der Waals surface area contributed by atoms with Crippen LogP contribution in [-0.4, -0.2) is 35.0 Å². The summed E-state index contributed by atoms with van der Waals surface area (Å²) in [6, 6.07) is 6.03. The summed E-state index contributed by atoms with van der Waals surface area (Å²) in [5.41, 5.74) is 3.39. The second kappa shape index (κ2) is 6.07. The summed E-state index contributed by atoms with van der Waals surface area (Å²) in [5, 5.41) is 9.06. The lowest BCUT2D eigenvalue weighted by Gasteiger charge is -2.30. The molecule has 0 aliphatic carbocycles. The molecule has 1 N–H and O–H groups in total. The summed E-state index contributed by atoms with van der Waals surface area (Å²) in [6.07, 6.45) is 1.80. The average Bonchev–Trinajstić information content (AvgIpc) is 2.43. The Morgan fingerprint density at radius 3 is 2.70 bits per heavy atom. The van der Waals surface area contributed by atoms with Crippen LogP contribution < -0.4 is 0 Å². The number of aliphatic carboxylic acids is 1. The van der Waals surface area contributed by atoms with Gasteiger partial charge in [0.05, 0.1) is 12.3 Å². The molecule has 4 nitrogen and oxygen atoms in total. The second-order valence-electron chi connectivity index (χ2n) is 5.61. The number of nitrogens with zero attached hydrogens (tertiary/aromatic N) is 1. The fourth-order valence-electron chi connectivity index (χ4n) is 2.61. The van der Waals surface area contributed by atoms with Crippen LogP contribution >= 0.6 is 0 Å². The van der Waals surface area contributed by atoms with Gasteiger partial charge in [0.1, 0.15) is 0 Å².